The van der Waals surface area contributed by atoms with Gasteiger partial charge in [0.15, 0.2) is 0 Å². The number of benzene rings is 8. The van der Waals surface area contributed by atoms with E-state index in [9.17, 15) is 0 Å². The Morgan fingerprint density at radius 2 is 0.620 bits per heavy atom. The molecule has 8 aromatic rings. The monoisotopic (exact) mass is 640 g/mol. The number of rotatable bonds is 9. The Morgan fingerprint density at radius 1 is 0.260 bits per heavy atom. The highest BCUT2D eigenvalue weighted by Crippen LogP contribution is 2.38. The molecule has 8 aromatic carbocycles. The zero-order valence-corrected chi connectivity index (χ0v) is 27.7. The molecule has 0 amide bonds. The molecular formula is C48H36N2. The topological polar surface area (TPSA) is 6.48 Å². The quantitative estimate of drug-likeness (QED) is 0.145. The number of nitrogens with zero attached hydrogens (tertiary/aromatic N) is 2. The van der Waals surface area contributed by atoms with Crippen LogP contribution in [0, 0.1) is 0 Å². The van der Waals surface area contributed by atoms with E-state index in [-0.39, 0.29) is 0 Å². The van der Waals surface area contributed by atoms with Gasteiger partial charge in [0.2, 0.25) is 0 Å². The molecule has 50 heavy (non-hydrogen) atoms. The second kappa shape index (κ2) is 14.2. The number of fused-ring (bicyclic) bond motifs is 1. The molecule has 2 nitrogen and oxygen atoms in total. The Labute approximate surface area is 294 Å². The average molecular weight is 641 g/mol. The van der Waals surface area contributed by atoms with E-state index in [2.05, 4.69) is 228 Å². The van der Waals surface area contributed by atoms with Gasteiger partial charge in [0.25, 0.3) is 0 Å². The van der Waals surface area contributed by atoms with Crippen LogP contribution in [0.4, 0.5) is 34.1 Å². The minimum Gasteiger partial charge on any atom is -0.311 e. The van der Waals surface area contributed by atoms with Crippen molar-refractivity contribution in [2.24, 2.45) is 0 Å². The van der Waals surface area contributed by atoms with Crippen molar-refractivity contribution >= 4 is 57.0 Å². The van der Waals surface area contributed by atoms with Crippen molar-refractivity contribution in [3.63, 3.8) is 0 Å². The number of hydrogen-bond donors (Lipinski definition) is 0. The summed E-state index contributed by atoms with van der Waals surface area (Å²) in [5.41, 5.74) is 11.4. The lowest BCUT2D eigenvalue weighted by atomic mass is 10.0. The van der Waals surface area contributed by atoms with Crippen LogP contribution >= 0.6 is 0 Å². The highest BCUT2D eigenvalue weighted by molar-refractivity contribution is 5.89. The summed E-state index contributed by atoms with van der Waals surface area (Å²) in [6, 6.07) is 73.1. The number of anilines is 6. The standard InChI is InChI=1S/C48H36N2/c1-4-12-39(13-5-1)41-26-33-47(34-27-41)50(48-35-28-40-14-10-11-15-42(40)36-48)46-31-24-38(25-32-46)21-20-37-22-29-45(30-23-37)49(43-16-6-2-7-17-43)44-18-8-3-9-19-44/h1-36H/b21-20+. The van der Waals surface area contributed by atoms with Gasteiger partial charge in [0.05, 0.1) is 0 Å². The Bertz CT molecular complexity index is 2290. The summed E-state index contributed by atoms with van der Waals surface area (Å²) in [5, 5.41) is 2.45. The summed E-state index contributed by atoms with van der Waals surface area (Å²) < 4.78 is 0. The van der Waals surface area contributed by atoms with E-state index >= 15 is 0 Å². The lowest BCUT2D eigenvalue weighted by molar-refractivity contribution is 1.28. The molecule has 0 radical (unpaired) electrons. The van der Waals surface area contributed by atoms with Crippen molar-refractivity contribution in [2.75, 3.05) is 9.80 Å². The minimum absolute atomic E-state index is 1.11. The van der Waals surface area contributed by atoms with Gasteiger partial charge in [0.1, 0.15) is 0 Å². The van der Waals surface area contributed by atoms with Crippen LogP contribution in [0.15, 0.2) is 206 Å². The molecule has 0 aliphatic rings. The van der Waals surface area contributed by atoms with Gasteiger partial charge in [-0.2, -0.15) is 0 Å². The molecule has 0 aliphatic carbocycles. The van der Waals surface area contributed by atoms with Crippen LogP contribution in [0.25, 0.3) is 34.1 Å². The molecule has 0 saturated carbocycles. The molecule has 0 bridgehead atoms. The lowest BCUT2D eigenvalue weighted by Gasteiger charge is -2.26. The Balaban J connectivity index is 1.06. The lowest BCUT2D eigenvalue weighted by Crippen LogP contribution is -2.09. The van der Waals surface area contributed by atoms with E-state index in [1.54, 1.807) is 0 Å². The predicted octanol–water partition coefficient (Wildman–Crippen LogP) is 13.6. The van der Waals surface area contributed by atoms with Crippen molar-refractivity contribution in [3.05, 3.63) is 217 Å². The van der Waals surface area contributed by atoms with Crippen molar-refractivity contribution in [3.8, 4) is 11.1 Å². The maximum absolute atomic E-state index is 2.33. The van der Waals surface area contributed by atoms with Gasteiger partial charge in [-0.15, -0.1) is 0 Å². The molecule has 0 atom stereocenters. The highest BCUT2D eigenvalue weighted by atomic mass is 15.1. The molecule has 0 spiro atoms. The van der Waals surface area contributed by atoms with Gasteiger partial charge in [-0.05, 0) is 106 Å². The summed E-state index contributed by atoms with van der Waals surface area (Å²) in [6.07, 6.45) is 4.36. The van der Waals surface area contributed by atoms with Gasteiger partial charge in [-0.25, -0.2) is 0 Å². The summed E-state index contributed by atoms with van der Waals surface area (Å²) >= 11 is 0. The van der Waals surface area contributed by atoms with Crippen molar-refractivity contribution < 1.29 is 0 Å². The third kappa shape index (κ3) is 6.69. The summed E-state index contributed by atoms with van der Waals surface area (Å²) in [4.78, 5) is 4.61. The molecule has 0 saturated heterocycles. The Morgan fingerprint density at radius 3 is 1.14 bits per heavy atom. The molecule has 2 heteroatoms. The van der Waals surface area contributed by atoms with Crippen LogP contribution in [0.3, 0.4) is 0 Å². The largest absolute Gasteiger partial charge is 0.311 e. The van der Waals surface area contributed by atoms with Gasteiger partial charge < -0.3 is 9.80 Å². The average Bonchev–Trinajstić information content (AvgIpc) is 3.20. The van der Waals surface area contributed by atoms with Crippen molar-refractivity contribution in [1.29, 1.82) is 0 Å². The first-order valence-corrected chi connectivity index (χ1v) is 17.0. The summed E-state index contributed by atoms with van der Waals surface area (Å²) in [7, 11) is 0. The SMILES string of the molecule is C(=C\c1ccc(N(c2ccc(-c3ccccc3)cc2)c2ccc3ccccc3c2)cc1)/c1ccc(N(c2ccccc2)c2ccccc2)cc1. The molecule has 0 fully saturated rings. The molecule has 8 rings (SSSR count). The minimum atomic E-state index is 1.11. The fraction of sp³-hybridized carbons (Fsp3) is 0. The normalized spacial score (nSPS) is 11.1. The molecule has 0 aliphatic heterocycles. The third-order valence-electron chi connectivity index (χ3n) is 9.02. The van der Waals surface area contributed by atoms with E-state index < -0.39 is 0 Å². The van der Waals surface area contributed by atoms with Gasteiger partial charge in [-0.3, -0.25) is 0 Å². The van der Waals surface area contributed by atoms with E-state index in [0.29, 0.717) is 0 Å². The highest BCUT2D eigenvalue weighted by Gasteiger charge is 2.14. The van der Waals surface area contributed by atoms with Crippen LogP contribution in [-0.2, 0) is 0 Å². The second-order valence-electron chi connectivity index (χ2n) is 12.3. The van der Waals surface area contributed by atoms with Crippen LogP contribution < -0.4 is 9.80 Å². The number of hydrogen-bond acceptors (Lipinski definition) is 2. The first-order valence-electron chi connectivity index (χ1n) is 17.0. The summed E-state index contributed by atoms with van der Waals surface area (Å²) in [6.45, 7) is 0. The molecule has 0 unspecified atom stereocenters. The first kappa shape index (κ1) is 30.7. The first-order chi connectivity index (χ1) is 24.8. The molecule has 0 aromatic heterocycles. The van der Waals surface area contributed by atoms with E-state index in [4.69, 9.17) is 0 Å². The predicted molar refractivity (Wildman–Crippen MR) is 214 cm³/mol. The molecular weight excluding hydrogens is 605 g/mol. The third-order valence-corrected chi connectivity index (χ3v) is 9.02. The molecule has 238 valence electrons. The molecule has 0 N–H and O–H groups in total. The maximum Gasteiger partial charge on any atom is 0.0468 e. The van der Waals surface area contributed by atoms with Crippen molar-refractivity contribution in [1.82, 2.24) is 0 Å². The van der Waals surface area contributed by atoms with Crippen LogP contribution in [0.1, 0.15) is 11.1 Å². The van der Waals surface area contributed by atoms with E-state index in [0.717, 1.165) is 45.3 Å². The van der Waals surface area contributed by atoms with E-state index in [1.165, 1.54) is 21.9 Å². The van der Waals surface area contributed by atoms with Crippen LogP contribution in [0.2, 0.25) is 0 Å². The second-order valence-corrected chi connectivity index (χ2v) is 12.3. The zero-order chi connectivity index (χ0) is 33.5. The van der Waals surface area contributed by atoms with E-state index in [1.807, 2.05) is 0 Å². The number of para-hydroxylation sites is 2. The summed E-state index contributed by atoms with van der Waals surface area (Å²) in [5.74, 6) is 0. The molecule has 0 heterocycles. The van der Waals surface area contributed by atoms with Crippen LogP contribution in [-0.4, -0.2) is 0 Å². The zero-order valence-electron chi connectivity index (χ0n) is 27.7. The van der Waals surface area contributed by atoms with Gasteiger partial charge in [-0.1, -0.05) is 146 Å². The van der Waals surface area contributed by atoms with Gasteiger partial charge >= 0.3 is 0 Å². The maximum atomic E-state index is 2.33. The Kier molecular flexibility index (Phi) is 8.73. The Hall–Kier alpha value is -6.64. The smallest absolute Gasteiger partial charge is 0.0468 e. The fourth-order valence-corrected chi connectivity index (χ4v) is 6.46. The van der Waals surface area contributed by atoms with Gasteiger partial charge in [0, 0.05) is 34.1 Å². The van der Waals surface area contributed by atoms with Crippen molar-refractivity contribution in [2.45, 2.75) is 0 Å². The van der Waals surface area contributed by atoms with Crippen LogP contribution in [0.5, 0.6) is 0 Å². The fourth-order valence-electron chi connectivity index (χ4n) is 6.46.